The highest BCUT2D eigenvalue weighted by Gasteiger charge is 2.11. The van der Waals surface area contributed by atoms with Gasteiger partial charge >= 0.3 is 10.3 Å². The Morgan fingerprint density at radius 3 is 2.59 bits per heavy atom. The van der Waals surface area contributed by atoms with Crippen molar-refractivity contribution in [2.75, 3.05) is 0 Å². The zero-order valence-corrected chi connectivity index (χ0v) is 15.9. The minimum Gasteiger partial charge on any atom is -0.371 e. The molecule has 144 valence electrons. The summed E-state index contributed by atoms with van der Waals surface area (Å²) in [6.07, 6.45) is 3.28. The molecule has 0 aliphatic carbocycles. The number of nitrogens with zero attached hydrogens (tertiary/aromatic N) is 4. The molecule has 0 aliphatic heterocycles. The van der Waals surface area contributed by atoms with Crippen LogP contribution in [0.1, 0.15) is 11.3 Å². The number of fused-ring (bicyclic) bond motifs is 1. The minimum atomic E-state index is -4.09. The van der Waals surface area contributed by atoms with Crippen molar-refractivity contribution in [3.8, 4) is 22.9 Å². The standard InChI is InChI=1S/C20H15N5O3S/c21-10-15-11-23-16(12-25-13-24-19-3-1-2-4-20(19)25)9-18(15)14-5-7-17(8-6-14)28-29(22,26)27/h1-9,11,13H,12H2,(H2,22,26,27). The molecule has 29 heavy (non-hydrogen) atoms. The topological polar surface area (TPSA) is 124 Å². The number of para-hydroxylation sites is 2. The Kier molecular flexibility index (Phi) is 4.72. The number of nitriles is 1. The monoisotopic (exact) mass is 405 g/mol. The summed E-state index contributed by atoms with van der Waals surface area (Å²) in [6.45, 7) is 0.492. The molecule has 4 rings (SSSR count). The van der Waals surface area contributed by atoms with E-state index in [9.17, 15) is 13.7 Å². The maximum absolute atomic E-state index is 11.0. The third-order valence-corrected chi connectivity index (χ3v) is 4.74. The first-order chi connectivity index (χ1) is 13.9. The fourth-order valence-electron chi connectivity index (χ4n) is 3.05. The molecule has 0 saturated carbocycles. The first-order valence-corrected chi connectivity index (χ1v) is 10.0. The van der Waals surface area contributed by atoms with E-state index in [2.05, 4.69) is 20.2 Å². The Labute approximate surface area is 167 Å². The zero-order chi connectivity index (χ0) is 20.4. The van der Waals surface area contributed by atoms with Crippen LogP contribution in [0.15, 0.2) is 67.1 Å². The van der Waals surface area contributed by atoms with Gasteiger partial charge in [0.05, 0.1) is 35.2 Å². The van der Waals surface area contributed by atoms with E-state index < -0.39 is 10.3 Å². The van der Waals surface area contributed by atoms with Crippen LogP contribution in [0.2, 0.25) is 0 Å². The van der Waals surface area contributed by atoms with Gasteiger partial charge in [0.15, 0.2) is 0 Å². The second kappa shape index (κ2) is 7.35. The van der Waals surface area contributed by atoms with Crippen molar-refractivity contribution in [1.29, 1.82) is 5.26 Å². The molecule has 8 nitrogen and oxygen atoms in total. The molecule has 4 aromatic rings. The molecule has 0 aliphatic rings. The predicted octanol–water partition coefficient (Wildman–Crippen LogP) is 2.60. The molecule has 0 spiro atoms. The van der Waals surface area contributed by atoms with Gasteiger partial charge in [0.1, 0.15) is 11.8 Å². The van der Waals surface area contributed by atoms with Crippen LogP contribution < -0.4 is 9.32 Å². The summed E-state index contributed by atoms with van der Waals surface area (Å²) >= 11 is 0. The molecule has 0 atom stereocenters. The van der Waals surface area contributed by atoms with Crippen molar-refractivity contribution in [1.82, 2.24) is 14.5 Å². The van der Waals surface area contributed by atoms with Crippen LogP contribution in [0.4, 0.5) is 0 Å². The smallest absolute Gasteiger partial charge is 0.371 e. The van der Waals surface area contributed by atoms with Crippen LogP contribution in [-0.2, 0) is 16.8 Å². The van der Waals surface area contributed by atoms with Gasteiger partial charge in [0, 0.05) is 11.8 Å². The summed E-state index contributed by atoms with van der Waals surface area (Å²) in [5, 5.41) is 14.3. The highest BCUT2D eigenvalue weighted by atomic mass is 32.2. The average Bonchev–Trinajstić information content (AvgIpc) is 3.10. The van der Waals surface area contributed by atoms with Crippen molar-refractivity contribution in [3.05, 3.63) is 78.4 Å². The van der Waals surface area contributed by atoms with E-state index in [0.29, 0.717) is 17.7 Å². The summed E-state index contributed by atoms with van der Waals surface area (Å²) in [7, 11) is -4.09. The fourth-order valence-corrected chi connectivity index (χ4v) is 3.43. The van der Waals surface area contributed by atoms with E-state index in [1.165, 1.54) is 18.3 Å². The molecule has 0 amide bonds. The summed E-state index contributed by atoms with van der Waals surface area (Å²) in [6, 6.07) is 18.0. The number of nitrogens with two attached hydrogens (primary N) is 1. The number of hydrogen-bond acceptors (Lipinski definition) is 6. The fraction of sp³-hybridized carbons (Fsp3) is 0.0500. The van der Waals surface area contributed by atoms with Gasteiger partial charge in [0.25, 0.3) is 0 Å². The predicted molar refractivity (Wildman–Crippen MR) is 107 cm³/mol. The zero-order valence-electron chi connectivity index (χ0n) is 15.1. The van der Waals surface area contributed by atoms with Gasteiger partial charge in [-0.3, -0.25) is 4.98 Å². The minimum absolute atomic E-state index is 0.0916. The molecule has 9 heteroatoms. The summed E-state index contributed by atoms with van der Waals surface area (Å²) < 4.78 is 28.7. The third-order valence-electron chi connectivity index (χ3n) is 4.32. The first-order valence-electron chi connectivity index (χ1n) is 8.54. The molecule has 0 unspecified atom stereocenters. The first kappa shape index (κ1) is 18.6. The van der Waals surface area contributed by atoms with Gasteiger partial charge in [-0.2, -0.15) is 18.8 Å². The average molecular weight is 405 g/mol. The van der Waals surface area contributed by atoms with Gasteiger partial charge in [-0.15, -0.1) is 0 Å². The molecule has 2 aromatic carbocycles. The molecule has 2 N–H and O–H groups in total. The maximum atomic E-state index is 11.0. The van der Waals surface area contributed by atoms with Crippen molar-refractivity contribution < 1.29 is 12.6 Å². The van der Waals surface area contributed by atoms with Crippen LogP contribution in [0, 0.1) is 11.3 Å². The number of hydrogen-bond donors (Lipinski definition) is 1. The molecule has 0 bridgehead atoms. The molecule has 0 radical (unpaired) electrons. The number of benzene rings is 2. The molecule has 2 heterocycles. The lowest BCUT2D eigenvalue weighted by Gasteiger charge is -2.09. The Balaban J connectivity index is 1.68. The van der Waals surface area contributed by atoms with Crippen LogP contribution in [0.5, 0.6) is 5.75 Å². The van der Waals surface area contributed by atoms with Crippen molar-refractivity contribution >= 4 is 21.3 Å². The number of aromatic nitrogens is 3. The quantitative estimate of drug-likeness (QED) is 0.544. The van der Waals surface area contributed by atoms with E-state index in [-0.39, 0.29) is 5.75 Å². The Bertz CT molecular complexity index is 1340. The Hall–Kier alpha value is -3.74. The van der Waals surface area contributed by atoms with E-state index in [0.717, 1.165) is 22.3 Å². The lowest BCUT2D eigenvalue weighted by Crippen LogP contribution is -2.18. The van der Waals surface area contributed by atoms with Gasteiger partial charge < -0.3 is 8.75 Å². The van der Waals surface area contributed by atoms with Crippen molar-refractivity contribution in [3.63, 3.8) is 0 Å². The lowest BCUT2D eigenvalue weighted by atomic mass is 10.0. The second-order valence-electron chi connectivity index (χ2n) is 6.29. The third kappa shape index (κ3) is 4.08. The Morgan fingerprint density at radius 1 is 1.10 bits per heavy atom. The lowest BCUT2D eigenvalue weighted by molar-refractivity contribution is 0.488. The normalized spacial score (nSPS) is 11.3. The molecule has 0 saturated heterocycles. The largest absolute Gasteiger partial charge is 0.380 e. The number of rotatable bonds is 5. The Morgan fingerprint density at radius 2 is 1.86 bits per heavy atom. The highest BCUT2D eigenvalue weighted by molar-refractivity contribution is 7.84. The summed E-state index contributed by atoms with van der Waals surface area (Å²) in [4.78, 5) is 8.77. The van der Waals surface area contributed by atoms with Gasteiger partial charge in [-0.1, -0.05) is 24.3 Å². The van der Waals surface area contributed by atoms with Crippen molar-refractivity contribution in [2.45, 2.75) is 6.54 Å². The number of imidazole rings is 1. The molecule has 0 fully saturated rings. The van der Waals surface area contributed by atoms with E-state index in [4.69, 9.17) is 5.14 Å². The van der Waals surface area contributed by atoms with Crippen LogP contribution in [-0.4, -0.2) is 23.0 Å². The van der Waals surface area contributed by atoms with Crippen molar-refractivity contribution in [2.24, 2.45) is 5.14 Å². The van der Waals surface area contributed by atoms with E-state index in [1.54, 1.807) is 18.5 Å². The molecular formula is C20H15N5O3S. The van der Waals surface area contributed by atoms with Gasteiger partial charge in [-0.25, -0.2) is 4.98 Å². The molecule has 2 aromatic heterocycles. The maximum Gasteiger partial charge on any atom is 0.380 e. The van der Waals surface area contributed by atoms with E-state index in [1.807, 2.05) is 34.9 Å². The second-order valence-corrected chi connectivity index (χ2v) is 7.45. The van der Waals surface area contributed by atoms with Gasteiger partial charge in [0.2, 0.25) is 0 Å². The van der Waals surface area contributed by atoms with Crippen LogP contribution >= 0.6 is 0 Å². The van der Waals surface area contributed by atoms with Crippen LogP contribution in [0.25, 0.3) is 22.2 Å². The summed E-state index contributed by atoms with van der Waals surface area (Å²) in [5.74, 6) is 0.0916. The van der Waals surface area contributed by atoms with Gasteiger partial charge in [-0.05, 0) is 35.9 Å². The molecular weight excluding hydrogens is 390 g/mol. The highest BCUT2D eigenvalue weighted by Crippen LogP contribution is 2.27. The summed E-state index contributed by atoms with van der Waals surface area (Å²) in [5.41, 5.74) is 4.46. The number of pyridine rings is 1. The van der Waals surface area contributed by atoms with Crippen LogP contribution in [0.3, 0.4) is 0 Å². The SMILES string of the molecule is N#Cc1cnc(Cn2cnc3ccccc32)cc1-c1ccc(OS(N)(=O)=O)cc1. The van der Waals surface area contributed by atoms with E-state index >= 15 is 0 Å².